The quantitative estimate of drug-likeness (QED) is 0.816. The summed E-state index contributed by atoms with van der Waals surface area (Å²) in [7, 11) is 0. The zero-order valence-corrected chi connectivity index (χ0v) is 12.5. The molecule has 116 valence electrons. The number of pyridine rings is 1. The Morgan fingerprint density at radius 3 is 2.55 bits per heavy atom. The topological polar surface area (TPSA) is 42.0 Å². The van der Waals surface area contributed by atoms with Gasteiger partial charge in [0.05, 0.1) is 22.8 Å². The molecule has 1 aromatic heterocycles. The monoisotopic (exact) mass is 376 g/mol. The van der Waals surface area contributed by atoms with Crippen LogP contribution in [0.3, 0.4) is 0 Å². The fourth-order valence-electron chi connectivity index (χ4n) is 1.70. The van der Waals surface area contributed by atoms with Crippen LogP contribution in [0.4, 0.5) is 23.2 Å². The SMILES string of the molecule is O=C(Cc1cccc(Br)c1F)Nc1ccc(C(F)(F)F)nc1. The number of benzene rings is 1. The minimum Gasteiger partial charge on any atom is -0.324 e. The van der Waals surface area contributed by atoms with E-state index in [1.165, 1.54) is 12.1 Å². The first kappa shape index (κ1) is 16.4. The molecule has 22 heavy (non-hydrogen) atoms. The number of nitrogens with one attached hydrogen (secondary N) is 1. The summed E-state index contributed by atoms with van der Waals surface area (Å²) in [4.78, 5) is 15.0. The summed E-state index contributed by atoms with van der Waals surface area (Å²) in [5.74, 6) is -1.11. The molecule has 0 aliphatic heterocycles. The van der Waals surface area contributed by atoms with Gasteiger partial charge in [0.15, 0.2) is 0 Å². The molecule has 0 aliphatic carbocycles. The summed E-state index contributed by atoms with van der Waals surface area (Å²) < 4.78 is 51.0. The Balaban J connectivity index is 2.05. The average molecular weight is 377 g/mol. The van der Waals surface area contributed by atoms with Gasteiger partial charge in [0.25, 0.3) is 0 Å². The predicted octanol–water partition coefficient (Wildman–Crippen LogP) is 4.18. The normalized spacial score (nSPS) is 11.3. The van der Waals surface area contributed by atoms with Gasteiger partial charge in [-0.1, -0.05) is 12.1 Å². The van der Waals surface area contributed by atoms with Crippen LogP contribution >= 0.6 is 15.9 Å². The van der Waals surface area contributed by atoms with Crippen LogP contribution in [-0.4, -0.2) is 10.9 Å². The molecule has 0 unspecified atom stereocenters. The van der Waals surface area contributed by atoms with Crippen molar-refractivity contribution in [2.75, 3.05) is 5.32 Å². The van der Waals surface area contributed by atoms with Gasteiger partial charge in [-0.2, -0.15) is 13.2 Å². The predicted molar refractivity (Wildman–Crippen MR) is 75.7 cm³/mol. The Morgan fingerprint density at radius 2 is 1.95 bits per heavy atom. The maximum absolute atomic E-state index is 13.7. The molecule has 0 saturated heterocycles. The fourth-order valence-corrected chi connectivity index (χ4v) is 2.11. The molecule has 1 aromatic carbocycles. The summed E-state index contributed by atoms with van der Waals surface area (Å²) in [6.45, 7) is 0. The van der Waals surface area contributed by atoms with E-state index < -0.39 is 23.6 Å². The van der Waals surface area contributed by atoms with Gasteiger partial charge in [-0.15, -0.1) is 0 Å². The van der Waals surface area contributed by atoms with E-state index >= 15 is 0 Å². The summed E-state index contributed by atoms with van der Waals surface area (Å²) in [6.07, 6.45) is -3.88. The number of hydrogen-bond donors (Lipinski definition) is 1. The van der Waals surface area contributed by atoms with Crippen molar-refractivity contribution in [3.8, 4) is 0 Å². The Hall–Kier alpha value is -1.96. The standard InChI is InChI=1S/C14H9BrF4N2O/c15-10-3-1-2-8(13(10)16)6-12(22)21-9-4-5-11(20-7-9)14(17,18)19/h1-5,7H,6H2,(H,21,22). The number of amides is 1. The molecular formula is C14H9BrF4N2O. The van der Waals surface area contributed by atoms with E-state index in [1.807, 2.05) is 0 Å². The third kappa shape index (κ3) is 4.03. The first-order chi connectivity index (χ1) is 10.3. The number of halogens is 5. The van der Waals surface area contributed by atoms with Crippen LogP contribution in [0.2, 0.25) is 0 Å². The number of carbonyl (C=O) groups excluding carboxylic acids is 1. The van der Waals surface area contributed by atoms with E-state index in [0.717, 1.165) is 18.3 Å². The van der Waals surface area contributed by atoms with E-state index in [2.05, 4.69) is 26.2 Å². The van der Waals surface area contributed by atoms with Crippen LogP contribution in [0.5, 0.6) is 0 Å². The van der Waals surface area contributed by atoms with Gasteiger partial charge in [0, 0.05) is 0 Å². The first-order valence-corrected chi connectivity index (χ1v) is 6.82. The van der Waals surface area contributed by atoms with E-state index in [-0.39, 0.29) is 22.1 Å². The maximum atomic E-state index is 13.7. The summed E-state index contributed by atoms with van der Waals surface area (Å²) in [5.41, 5.74) is -0.774. The van der Waals surface area contributed by atoms with Gasteiger partial charge in [-0.05, 0) is 39.7 Å². The average Bonchev–Trinajstić information content (AvgIpc) is 2.43. The Kier molecular flexibility index (Phi) is 4.80. The highest BCUT2D eigenvalue weighted by Gasteiger charge is 2.32. The number of nitrogens with zero attached hydrogens (tertiary/aromatic N) is 1. The van der Waals surface area contributed by atoms with Crippen molar-refractivity contribution in [1.82, 2.24) is 4.98 Å². The van der Waals surface area contributed by atoms with E-state index in [1.54, 1.807) is 6.07 Å². The lowest BCUT2D eigenvalue weighted by Gasteiger charge is -2.08. The molecule has 2 rings (SSSR count). The summed E-state index contributed by atoms with van der Waals surface area (Å²) in [5, 5.41) is 2.36. The zero-order chi connectivity index (χ0) is 16.3. The van der Waals surface area contributed by atoms with Crippen molar-refractivity contribution in [3.05, 3.63) is 58.1 Å². The molecule has 0 radical (unpaired) electrons. The molecule has 0 spiro atoms. The highest BCUT2D eigenvalue weighted by molar-refractivity contribution is 9.10. The number of aromatic nitrogens is 1. The zero-order valence-electron chi connectivity index (χ0n) is 10.9. The van der Waals surface area contributed by atoms with E-state index in [4.69, 9.17) is 0 Å². The molecule has 0 bridgehead atoms. The number of rotatable bonds is 3. The highest BCUT2D eigenvalue weighted by atomic mass is 79.9. The molecule has 0 fully saturated rings. The summed E-state index contributed by atoms with van der Waals surface area (Å²) in [6, 6.07) is 6.37. The molecule has 0 atom stereocenters. The van der Waals surface area contributed by atoms with Crippen molar-refractivity contribution in [2.24, 2.45) is 0 Å². The van der Waals surface area contributed by atoms with Crippen molar-refractivity contribution < 1.29 is 22.4 Å². The van der Waals surface area contributed by atoms with Gasteiger partial charge in [-0.3, -0.25) is 4.79 Å². The Morgan fingerprint density at radius 1 is 1.23 bits per heavy atom. The van der Waals surface area contributed by atoms with Crippen LogP contribution in [0.1, 0.15) is 11.3 Å². The lowest BCUT2D eigenvalue weighted by molar-refractivity contribution is -0.141. The van der Waals surface area contributed by atoms with Gasteiger partial charge in [0.1, 0.15) is 11.5 Å². The molecule has 1 N–H and O–H groups in total. The second kappa shape index (κ2) is 6.43. The molecule has 3 nitrogen and oxygen atoms in total. The first-order valence-electron chi connectivity index (χ1n) is 6.03. The van der Waals surface area contributed by atoms with E-state index in [0.29, 0.717) is 0 Å². The maximum Gasteiger partial charge on any atom is 0.433 e. The number of alkyl halides is 3. The molecular weight excluding hydrogens is 368 g/mol. The second-order valence-electron chi connectivity index (χ2n) is 4.37. The van der Waals surface area contributed by atoms with Gasteiger partial charge < -0.3 is 5.32 Å². The molecule has 8 heteroatoms. The largest absolute Gasteiger partial charge is 0.433 e. The van der Waals surface area contributed by atoms with Crippen LogP contribution in [0, 0.1) is 5.82 Å². The van der Waals surface area contributed by atoms with Crippen LogP contribution in [0.25, 0.3) is 0 Å². The fraction of sp³-hybridized carbons (Fsp3) is 0.143. The van der Waals surface area contributed by atoms with Crippen molar-refractivity contribution in [1.29, 1.82) is 0 Å². The third-order valence-electron chi connectivity index (χ3n) is 2.72. The van der Waals surface area contributed by atoms with Crippen LogP contribution < -0.4 is 5.32 Å². The summed E-state index contributed by atoms with van der Waals surface area (Å²) >= 11 is 3.01. The number of hydrogen-bond acceptors (Lipinski definition) is 2. The van der Waals surface area contributed by atoms with Crippen molar-refractivity contribution >= 4 is 27.5 Å². The minimum absolute atomic E-state index is 0.105. The van der Waals surface area contributed by atoms with Crippen molar-refractivity contribution in [2.45, 2.75) is 12.6 Å². The third-order valence-corrected chi connectivity index (χ3v) is 3.33. The number of carbonyl (C=O) groups is 1. The van der Waals surface area contributed by atoms with Crippen LogP contribution in [0.15, 0.2) is 41.0 Å². The molecule has 2 aromatic rings. The minimum atomic E-state index is -4.54. The van der Waals surface area contributed by atoms with Gasteiger partial charge in [0.2, 0.25) is 5.91 Å². The van der Waals surface area contributed by atoms with E-state index in [9.17, 15) is 22.4 Å². The van der Waals surface area contributed by atoms with Gasteiger partial charge in [-0.25, -0.2) is 9.37 Å². The van der Waals surface area contributed by atoms with Gasteiger partial charge >= 0.3 is 6.18 Å². The lowest BCUT2D eigenvalue weighted by atomic mass is 10.1. The lowest BCUT2D eigenvalue weighted by Crippen LogP contribution is -2.16. The highest BCUT2D eigenvalue weighted by Crippen LogP contribution is 2.27. The molecule has 1 amide bonds. The molecule has 0 aliphatic rings. The second-order valence-corrected chi connectivity index (χ2v) is 5.22. The molecule has 1 heterocycles. The Bertz CT molecular complexity index is 686. The smallest absolute Gasteiger partial charge is 0.324 e. The van der Waals surface area contributed by atoms with Crippen LogP contribution in [-0.2, 0) is 17.4 Å². The Labute approximate surface area is 131 Å². The van der Waals surface area contributed by atoms with Crippen molar-refractivity contribution in [3.63, 3.8) is 0 Å². The number of anilines is 1. The molecule has 0 saturated carbocycles.